The number of hydrogen-bond acceptors (Lipinski definition) is 4. The van der Waals surface area contributed by atoms with Crippen LogP contribution in [0.15, 0.2) is 12.1 Å². The molecule has 138 valence electrons. The maximum Gasteiger partial charge on any atom is 0.160 e. The Balaban J connectivity index is 2.33. The third-order valence-corrected chi connectivity index (χ3v) is 4.86. The number of hydrogen-bond donors (Lipinski definition) is 0. The van der Waals surface area contributed by atoms with E-state index in [1.807, 2.05) is 18.7 Å². The predicted molar refractivity (Wildman–Crippen MR) is 109 cm³/mol. The van der Waals surface area contributed by atoms with Gasteiger partial charge >= 0.3 is 0 Å². The molecule has 0 saturated heterocycles. The highest BCUT2D eigenvalue weighted by Gasteiger charge is 2.22. The Labute approximate surface area is 156 Å². The summed E-state index contributed by atoms with van der Waals surface area (Å²) in [6, 6.07) is 4.46. The van der Waals surface area contributed by atoms with E-state index >= 15 is 0 Å². The summed E-state index contributed by atoms with van der Waals surface area (Å²) in [6.07, 6.45) is 1.08. The van der Waals surface area contributed by atoms with Crippen LogP contribution < -0.4 is 4.90 Å². The average Bonchev–Trinajstić information content (AvgIpc) is 2.88. The molecule has 0 saturated carbocycles. The molecule has 0 radical (unpaired) electrons. The first-order valence-electron chi connectivity index (χ1n) is 9.41. The van der Waals surface area contributed by atoms with Gasteiger partial charge in [-0.25, -0.2) is 9.97 Å². The lowest BCUT2D eigenvalue weighted by atomic mass is 9.96. The normalized spacial score (nSPS) is 11.3. The molecule has 5 heteroatoms. The summed E-state index contributed by atoms with van der Waals surface area (Å²) in [6.45, 7) is 14.7. The van der Waals surface area contributed by atoms with E-state index in [9.17, 15) is 0 Å². The fourth-order valence-electron chi connectivity index (χ4n) is 3.90. The summed E-state index contributed by atoms with van der Waals surface area (Å²) in [7, 11) is 2.00. The Morgan fingerprint density at radius 1 is 0.962 bits per heavy atom. The smallest absolute Gasteiger partial charge is 0.160 e. The topological polar surface area (TPSA) is 46.8 Å². The molecule has 26 heavy (non-hydrogen) atoms. The van der Waals surface area contributed by atoms with E-state index in [0.29, 0.717) is 0 Å². The van der Waals surface area contributed by atoms with Crippen LogP contribution in [0.5, 0.6) is 0 Å². The summed E-state index contributed by atoms with van der Waals surface area (Å²) in [5.74, 6) is 1.74. The number of aromatic nitrogens is 4. The van der Waals surface area contributed by atoms with Gasteiger partial charge in [0.2, 0.25) is 0 Å². The molecule has 0 aliphatic rings. The molecule has 0 N–H and O–H groups in total. The van der Waals surface area contributed by atoms with Crippen LogP contribution in [0.3, 0.4) is 0 Å². The number of rotatable bonds is 5. The number of benzene rings is 1. The molecule has 0 spiro atoms. The first-order chi connectivity index (χ1) is 12.4. The van der Waals surface area contributed by atoms with Crippen LogP contribution in [0.2, 0.25) is 0 Å². The van der Waals surface area contributed by atoms with Crippen LogP contribution in [0.25, 0.3) is 22.3 Å². The summed E-state index contributed by atoms with van der Waals surface area (Å²) >= 11 is 0. The minimum absolute atomic E-state index is 0.790. The second kappa shape index (κ2) is 7.06. The molecule has 0 bridgehead atoms. The molecule has 0 atom stereocenters. The molecule has 2 aromatic heterocycles. The van der Waals surface area contributed by atoms with Crippen molar-refractivity contribution in [1.29, 1.82) is 0 Å². The van der Waals surface area contributed by atoms with Gasteiger partial charge in [0.15, 0.2) is 11.3 Å². The third kappa shape index (κ3) is 3.06. The maximum absolute atomic E-state index is 4.84. The lowest BCUT2D eigenvalue weighted by Crippen LogP contribution is -2.25. The standard InChI is InChI=1S/C21H29N5/c1-8-10-26(9-2)21-19-18(22-16(6)23-21)20(25(7)24-19)17-14(4)11-13(3)12-15(17)5/h11-12H,8-10H2,1-7H3. The van der Waals surface area contributed by atoms with Crippen LogP contribution in [-0.2, 0) is 7.05 Å². The van der Waals surface area contributed by atoms with E-state index in [4.69, 9.17) is 15.1 Å². The lowest BCUT2D eigenvalue weighted by molar-refractivity contribution is 0.765. The zero-order chi connectivity index (χ0) is 19.0. The van der Waals surface area contributed by atoms with Crippen molar-refractivity contribution in [2.24, 2.45) is 7.05 Å². The van der Waals surface area contributed by atoms with E-state index < -0.39 is 0 Å². The zero-order valence-corrected chi connectivity index (χ0v) is 17.0. The van der Waals surface area contributed by atoms with E-state index in [0.717, 1.165) is 47.9 Å². The second-order valence-electron chi connectivity index (χ2n) is 7.12. The molecule has 2 heterocycles. The van der Waals surface area contributed by atoms with E-state index in [-0.39, 0.29) is 0 Å². The fraction of sp³-hybridized carbons (Fsp3) is 0.476. The Hall–Kier alpha value is -2.43. The van der Waals surface area contributed by atoms with Crippen molar-refractivity contribution in [3.05, 3.63) is 34.6 Å². The van der Waals surface area contributed by atoms with E-state index in [1.54, 1.807) is 0 Å². The van der Waals surface area contributed by atoms with Gasteiger partial charge in [-0.1, -0.05) is 24.6 Å². The molecule has 0 unspecified atom stereocenters. The molecule has 3 aromatic rings. The number of anilines is 1. The van der Waals surface area contributed by atoms with Gasteiger partial charge in [0, 0.05) is 25.7 Å². The van der Waals surface area contributed by atoms with Crippen molar-refractivity contribution in [2.45, 2.75) is 48.0 Å². The van der Waals surface area contributed by atoms with Gasteiger partial charge in [-0.3, -0.25) is 4.68 Å². The minimum Gasteiger partial charge on any atom is -0.355 e. The van der Waals surface area contributed by atoms with Gasteiger partial charge < -0.3 is 4.90 Å². The quantitative estimate of drug-likeness (QED) is 0.679. The Morgan fingerprint density at radius 2 is 1.62 bits per heavy atom. The molecular formula is C21H29N5. The van der Waals surface area contributed by atoms with Crippen LogP contribution in [-0.4, -0.2) is 32.8 Å². The van der Waals surface area contributed by atoms with Gasteiger partial charge in [-0.2, -0.15) is 5.10 Å². The number of nitrogens with zero attached hydrogens (tertiary/aromatic N) is 5. The summed E-state index contributed by atoms with van der Waals surface area (Å²) in [5.41, 5.74) is 7.93. The molecule has 0 aliphatic carbocycles. The monoisotopic (exact) mass is 351 g/mol. The SMILES string of the molecule is CCCN(CC)c1nc(C)nc2c(-c3c(C)cc(C)cc3C)n(C)nc12. The number of aryl methyl sites for hydroxylation is 5. The van der Waals surface area contributed by atoms with Crippen molar-refractivity contribution in [3.63, 3.8) is 0 Å². The minimum atomic E-state index is 0.790. The van der Waals surface area contributed by atoms with Gasteiger partial charge in [-0.05, 0) is 52.2 Å². The van der Waals surface area contributed by atoms with E-state index in [1.165, 1.54) is 22.3 Å². The van der Waals surface area contributed by atoms with Gasteiger partial charge in [0.25, 0.3) is 0 Å². The highest BCUT2D eigenvalue weighted by molar-refractivity contribution is 5.97. The molecule has 3 rings (SSSR count). The first-order valence-corrected chi connectivity index (χ1v) is 9.41. The molecule has 0 amide bonds. The zero-order valence-electron chi connectivity index (χ0n) is 17.0. The van der Waals surface area contributed by atoms with Gasteiger partial charge in [-0.15, -0.1) is 0 Å². The van der Waals surface area contributed by atoms with Crippen LogP contribution >= 0.6 is 0 Å². The average molecular weight is 351 g/mol. The molecule has 0 aliphatic heterocycles. The van der Waals surface area contributed by atoms with Crippen LogP contribution in [0.4, 0.5) is 5.82 Å². The third-order valence-electron chi connectivity index (χ3n) is 4.86. The molecule has 5 nitrogen and oxygen atoms in total. The molecule has 1 aromatic carbocycles. The van der Waals surface area contributed by atoms with Crippen molar-refractivity contribution >= 4 is 16.9 Å². The second-order valence-corrected chi connectivity index (χ2v) is 7.12. The maximum atomic E-state index is 4.84. The van der Waals surface area contributed by atoms with Crippen molar-refractivity contribution < 1.29 is 0 Å². The van der Waals surface area contributed by atoms with Crippen molar-refractivity contribution in [3.8, 4) is 11.3 Å². The van der Waals surface area contributed by atoms with E-state index in [2.05, 4.69) is 51.7 Å². The highest BCUT2D eigenvalue weighted by atomic mass is 15.3. The van der Waals surface area contributed by atoms with Gasteiger partial charge in [0.1, 0.15) is 11.3 Å². The Morgan fingerprint density at radius 3 is 2.19 bits per heavy atom. The fourth-order valence-corrected chi connectivity index (χ4v) is 3.90. The predicted octanol–water partition coefficient (Wildman–Crippen LogP) is 4.50. The number of fused-ring (bicyclic) bond motifs is 1. The Kier molecular flexibility index (Phi) is 4.99. The van der Waals surface area contributed by atoms with Crippen molar-refractivity contribution in [2.75, 3.05) is 18.0 Å². The largest absolute Gasteiger partial charge is 0.355 e. The summed E-state index contributed by atoms with van der Waals surface area (Å²) in [5, 5.41) is 4.84. The first kappa shape index (κ1) is 18.4. The lowest BCUT2D eigenvalue weighted by Gasteiger charge is -2.21. The Bertz CT molecular complexity index is 932. The molecular weight excluding hydrogens is 322 g/mol. The summed E-state index contributed by atoms with van der Waals surface area (Å²) < 4.78 is 1.97. The van der Waals surface area contributed by atoms with Crippen LogP contribution in [0.1, 0.15) is 42.8 Å². The van der Waals surface area contributed by atoms with Gasteiger partial charge in [0.05, 0.1) is 5.69 Å². The summed E-state index contributed by atoms with van der Waals surface area (Å²) in [4.78, 5) is 11.8. The van der Waals surface area contributed by atoms with Crippen molar-refractivity contribution in [1.82, 2.24) is 19.7 Å². The molecule has 0 fully saturated rings. The highest BCUT2D eigenvalue weighted by Crippen LogP contribution is 2.35. The van der Waals surface area contributed by atoms with Crippen LogP contribution in [0, 0.1) is 27.7 Å².